The molecule has 1 fully saturated rings. The largest absolute Gasteiger partial charge is 0.465 e. The van der Waals surface area contributed by atoms with E-state index in [4.69, 9.17) is 14.9 Å². The highest BCUT2D eigenvalue weighted by molar-refractivity contribution is 7.18. The maximum absolute atomic E-state index is 13.7. The van der Waals surface area contributed by atoms with Crippen LogP contribution in [0.3, 0.4) is 0 Å². The lowest BCUT2D eigenvalue weighted by Gasteiger charge is -2.33. The summed E-state index contributed by atoms with van der Waals surface area (Å²) in [5, 5.41) is 0.959. The molecule has 1 amide bonds. The van der Waals surface area contributed by atoms with Crippen molar-refractivity contribution >= 4 is 45.6 Å². The molecular weight excluding hydrogens is 496 g/mol. The first-order valence-corrected chi connectivity index (χ1v) is 14.0. The Kier molecular flexibility index (Phi) is 7.30. The van der Waals surface area contributed by atoms with Crippen molar-refractivity contribution in [1.29, 1.82) is 0 Å². The van der Waals surface area contributed by atoms with E-state index in [0.717, 1.165) is 58.4 Å². The Labute approximate surface area is 227 Å². The molecule has 7 heteroatoms. The number of nitrogen functional groups attached to an aromatic ring is 1. The van der Waals surface area contributed by atoms with Gasteiger partial charge in [-0.2, -0.15) is 0 Å². The van der Waals surface area contributed by atoms with Gasteiger partial charge in [0.1, 0.15) is 16.2 Å². The first-order chi connectivity index (χ1) is 18.2. The standard InChI is InChI=1S/C31H34N2O4S/c1-18(2)33(30(34)22-7-5-19(3)6-8-22)25-17-28(38-29(25)31(35)36-4)21-11-9-20(10-12-21)27-16-23-15-24(32)13-14-26(23)37-27/h9-19,22H,5-8,32H2,1-4H3. The van der Waals surface area contributed by atoms with E-state index >= 15 is 0 Å². The lowest BCUT2D eigenvalue weighted by atomic mass is 9.82. The number of rotatable bonds is 6. The molecule has 1 saturated carbocycles. The predicted octanol–water partition coefficient (Wildman–Crippen LogP) is 7.76. The molecule has 38 heavy (non-hydrogen) atoms. The average Bonchev–Trinajstić information content (AvgIpc) is 3.53. The number of benzene rings is 2. The minimum atomic E-state index is -0.426. The van der Waals surface area contributed by atoms with Crippen molar-refractivity contribution < 1.29 is 18.7 Å². The molecule has 0 aliphatic heterocycles. The molecule has 0 bridgehead atoms. The number of fused-ring (bicyclic) bond motifs is 1. The van der Waals surface area contributed by atoms with Crippen molar-refractivity contribution in [2.75, 3.05) is 17.7 Å². The third kappa shape index (κ3) is 5.07. The minimum Gasteiger partial charge on any atom is -0.465 e. The van der Waals surface area contributed by atoms with E-state index in [2.05, 4.69) is 6.92 Å². The van der Waals surface area contributed by atoms with Crippen LogP contribution in [-0.2, 0) is 9.53 Å². The maximum Gasteiger partial charge on any atom is 0.350 e. The van der Waals surface area contributed by atoms with Crippen LogP contribution in [0.1, 0.15) is 56.1 Å². The van der Waals surface area contributed by atoms with E-state index in [0.29, 0.717) is 22.2 Å². The number of hydrogen-bond donors (Lipinski definition) is 1. The summed E-state index contributed by atoms with van der Waals surface area (Å²) in [6, 6.07) is 17.5. The Morgan fingerprint density at radius 2 is 1.68 bits per heavy atom. The summed E-state index contributed by atoms with van der Waals surface area (Å²) in [5.74, 6) is 1.08. The van der Waals surface area contributed by atoms with Gasteiger partial charge >= 0.3 is 5.97 Å². The summed E-state index contributed by atoms with van der Waals surface area (Å²) in [4.78, 5) is 29.7. The van der Waals surface area contributed by atoms with Crippen LogP contribution in [0.25, 0.3) is 32.7 Å². The highest BCUT2D eigenvalue weighted by atomic mass is 32.1. The van der Waals surface area contributed by atoms with Crippen LogP contribution in [0.15, 0.2) is 59.0 Å². The molecule has 1 aliphatic rings. The van der Waals surface area contributed by atoms with Gasteiger partial charge in [-0.1, -0.05) is 31.2 Å². The molecule has 1 aliphatic carbocycles. The van der Waals surface area contributed by atoms with Crippen LogP contribution >= 0.6 is 11.3 Å². The molecule has 2 aromatic heterocycles. The number of anilines is 2. The molecule has 0 unspecified atom stereocenters. The smallest absolute Gasteiger partial charge is 0.350 e. The number of esters is 1. The molecule has 4 aromatic rings. The SMILES string of the molecule is COC(=O)c1sc(-c2ccc(-c3cc4cc(N)ccc4o3)cc2)cc1N(C(=O)C1CCC(C)CC1)C(C)C. The van der Waals surface area contributed by atoms with Crippen LogP contribution in [0.4, 0.5) is 11.4 Å². The number of nitrogens with two attached hydrogens (primary N) is 1. The first kappa shape index (κ1) is 26.0. The van der Waals surface area contributed by atoms with Gasteiger partial charge in [-0.25, -0.2) is 4.79 Å². The van der Waals surface area contributed by atoms with E-state index in [1.54, 1.807) is 4.90 Å². The van der Waals surface area contributed by atoms with E-state index in [1.807, 2.05) is 68.4 Å². The Morgan fingerprint density at radius 3 is 2.34 bits per heavy atom. The van der Waals surface area contributed by atoms with E-state index in [-0.39, 0.29) is 17.9 Å². The fourth-order valence-electron chi connectivity index (χ4n) is 5.30. The Bertz CT molecular complexity index is 1460. The topological polar surface area (TPSA) is 85.8 Å². The number of hydrogen-bond acceptors (Lipinski definition) is 6. The number of carbonyl (C=O) groups is 2. The summed E-state index contributed by atoms with van der Waals surface area (Å²) in [7, 11) is 1.38. The van der Waals surface area contributed by atoms with Crippen LogP contribution in [-0.4, -0.2) is 25.0 Å². The Hall–Kier alpha value is -3.58. The van der Waals surface area contributed by atoms with Crippen molar-refractivity contribution in [3.63, 3.8) is 0 Å². The molecule has 2 aromatic carbocycles. The first-order valence-electron chi connectivity index (χ1n) is 13.2. The number of ether oxygens (including phenoxy) is 1. The summed E-state index contributed by atoms with van der Waals surface area (Å²) in [6.45, 7) is 6.24. The maximum atomic E-state index is 13.7. The molecule has 0 spiro atoms. The van der Waals surface area contributed by atoms with E-state index in [9.17, 15) is 9.59 Å². The monoisotopic (exact) mass is 530 g/mol. The zero-order valence-corrected chi connectivity index (χ0v) is 23.1. The van der Waals surface area contributed by atoms with E-state index < -0.39 is 5.97 Å². The second-order valence-corrected chi connectivity index (χ2v) is 11.6. The average molecular weight is 531 g/mol. The third-order valence-corrected chi connectivity index (χ3v) is 8.61. The second-order valence-electron chi connectivity index (χ2n) is 10.6. The van der Waals surface area contributed by atoms with Crippen molar-refractivity contribution in [3.05, 3.63) is 59.5 Å². The molecule has 2 heterocycles. The fourth-order valence-corrected chi connectivity index (χ4v) is 6.37. The van der Waals surface area contributed by atoms with Gasteiger partial charge in [-0.15, -0.1) is 11.3 Å². The highest BCUT2D eigenvalue weighted by Gasteiger charge is 2.33. The molecule has 198 valence electrons. The van der Waals surface area contributed by atoms with Crippen LogP contribution in [0, 0.1) is 11.8 Å². The number of carbonyl (C=O) groups excluding carboxylic acids is 2. The minimum absolute atomic E-state index is 0.0131. The number of furan rings is 1. The van der Waals surface area contributed by atoms with Crippen molar-refractivity contribution in [1.82, 2.24) is 0 Å². The van der Waals surface area contributed by atoms with Crippen LogP contribution in [0.5, 0.6) is 0 Å². The van der Waals surface area contributed by atoms with Gasteiger partial charge in [-0.3, -0.25) is 4.79 Å². The van der Waals surface area contributed by atoms with Gasteiger partial charge in [0, 0.05) is 33.5 Å². The fraction of sp³-hybridized carbons (Fsp3) is 0.355. The Balaban J connectivity index is 1.47. The highest BCUT2D eigenvalue weighted by Crippen LogP contribution is 2.41. The molecule has 6 nitrogen and oxygen atoms in total. The molecular formula is C31H34N2O4S. The van der Waals surface area contributed by atoms with Crippen molar-refractivity contribution in [3.8, 4) is 21.8 Å². The van der Waals surface area contributed by atoms with Gasteiger partial charge in [-0.05, 0) is 81.3 Å². The lowest BCUT2D eigenvalue weighted by Crippen LogP contribution is -2.42. The summed E-state index contributed by atoms with van der Waals surface area (Å²) < 4.78 is 11.1. The molecule has 2 N–H and O–H groups in total. The van der Waals surface area contributed by atoms with Crippen LogP contribution < -0.4 is 10.6 Å². The third-order valence-electron chi connectivity index (χ3n) is 7.46. The second kappa shape index (κ2) is 10.7. The van der Waals surface area contributed by atoms with Gasteiger partial charge in [0.15, 0.2) is 0 Å². The predicted molar refractivity (Wildman–Crippen MR) is 154 cm³/mol. The van der Waals surface area contributed by atoms with Gasteiger partial charge < -0.3 is 19.8 Å². The van der Waals surface area contributed by atoms with Crippen LogP contribution in [0.2, 0.25) is 0 Å². The van der Waals surface area contributed by atoms with Gasteiger partial charge in [0.2, 0.25) is 5.91 Å². The number of methoxy groups -OCH3 is 1. The zero-order chi connectivity index (χ0) is 27.0. The normalized spacial score (nSPS) is 17.6. The zero-order valence-electron chi connectivity index (χ0n) is 22.3. The van der Waals surface area contributed by atoms with E-state index in [1.165, 1.54) is 18.4 Å². The molecule has 0 atom stereocenters. The molecule has 5 rings (SSSR count). The van der Waals surface area contributed by atoms with Gasteiger partial charge in [0.25, 0.3) is 0 Å². The summed E-state index contributed by atoms with van der Waals surface area (Å²) in [6.07, 6.45) is 3.91. The lowest BCUT2D eigenvalue weighted by molar-refractivity contribution is -0.123. The van der Waals surface area contributed by atoms with Crippen molar-refractivity contribution in [2.24, 2.45) is 11.8 Å². The molecule has 0 saturated heterocycles. The number of thiophene rings is 1. The summed E-state index contributed by atoms with van der Waals surface area (Å²) in [5.41, 5.74) is 9.93. The Morgan fingerprint density at radius 1 is 1.00 bits per heavy atom. The number of amides is 1. The van der Waals surface area contributed by atoms with Gasteiger partial charge in [0.05, 0.1) is 12.8 Å². The summed E-state index contributed by atoms with van der Waals surface area (Å²) >= 11 is 1.36. The quantitative estimate of drug-likeness (QED) is 0.203. The molecule has 0 radical (unpaired) electrons. The van der Waals surface area contributed by atoms with Crippen molar-refractivity contribution in [2.45, 2.75) is 52.5 Å². The number of nitrogens with zero attached hydrogens (tertiary/aromatic N) is 1.